The van der Waals surface area contributed by atoms with Crippen LogP contribution in [0.5, 0.6) is 0 Å². The fourth-order valence-electron chi connectivity index (χ4n) is 2.45. The lowest BCUT2D eigenvalue weighted by atomic mass is 9.87. The van der Waals surface area contributed by atoms with Gasteiger partial charge in [-0.2, -0.15) is 0 Å². The number of anilines is 1. The number of hydrogen-bond donors (Lipinski definition) is 1. The maximum absolute atomic E-state index is 4.30. The molecular weight excluding hydrogens is 256 g/mol. The van der Waals surface area contributed by atoms with E-state index in [0.717, 1.165) is 21.8 Å². The Morgan fingerprint density at radius 2 is 2.00 bits per heavy atom. The number of nitrogens with zero attached hydrogens (tertiary/aromatic N) is 3. The highest BCUT2D eigenvalue weighted by molar-refractivity contribution is 7.18. The van der Waals surface area contributed by atoms with Crippen LogP contribution in [-0.4, -0.2) is 21.2 Å². The lowest BCUT2D eigenvalue weighted by Gasteiger charge is -2.26. The number of nitrogens with one attached hydrogen (secondary N) is 1. The summed E-state index contributed by atoms with van der Waals surface area (Å²) in [4.78, 5) is 4.30. The molecule has 3 rings (SSSR count). The van der Waals surface area contributed by atoms with E-state index in [2.05, 4.69) is 27.4 Å². The molecule has 0 unspecified atom stereocenters. The summed E-state index contributed by atoms with van der Waals surface area (Å²) in [6.45, 7) is 2.33. The van der Waals surface area contributed by atoms with Crippen LogP contribution in [0.3, 0.4) is 0 Å². The third kappa shape index (κ3) is 3.10. The fraction of sp³-hybridized carbons (Fsp3) is 0.500. The van der Waals surface area contributed by atoms with Crippen molar-refractivity contribution in [3.8, 4) is 10.7 Å². The van der Waals surface area contributed by atoms with E-state index in [1.807, 2.05) is 18.2 Å². The average molecular weight is 274 g/mol. The van der Waals surface area contributed by atoms with Gasteiger partial charge < -0.3 is 5.32 Å². The summed E-state index contributed by atoms with van der Waals surface area (Å²) in [5.74, 6) is 0.872. The van der Waals surface area contributed by atoms with Crippen LogP contribution in [0.2, 0.25) is 0 Å². The first-order valence-corrected chi connectivity index (χ1v) is 7.64. The van der Waals surface area contributed by atoms with Crippen molar-refractivity contribution in [3.05, 3.63) is 24.4 Å². The third-order valence-corrected chi connectivity index (χ3v) is 4.53. The molecule has 2 aromatic heterocycles. The highest BCUT2D eigenvalue weighted by atomic mass is 32.1. The Bertz CT molecular complexity index is 517. The van der Waals surface area contributed by atoms with Crippen LogP contribution in [-0.2, 0) is 0 Å². The summed E-state index contributed by atoms with van der Waals surface area (Å²) in [6.07, 6.45) is 6.87. The highest BCUT2D eigenvalue weighted by Gasteiger charge is 2.19. The van der Waals surface area contributed by atoms with Crippen molar-refractivity contribution < 1.29 is 0 Å². The molecule has 0 amide bonds. The van der Waals surface area contributed by atoms with E-state index in [1.54, 1.807) is 17.5 Å². The van der Waals surface area contributed by atoms with Gasteiger partial charge in [-0.25, -0.2) is 0 Å². The van der Waals surface area contributed by atoms with Gasteiger partial charge >= 0.3 is 0 Å². The van der Waals surface area contributed by atoms with Crippen LogP contribution in [0, 0.1) is 5.92 Å². The Hall–Kier alpha value is -1.49. The van der Waals surface area contributed by atoms with Crippen LogP contribution in [0.25, 0.3) is 10.7 Å². The molecule has 2 heterocycles. The molecule has 1 fully saturated rings. The summed E-state index contributed by atoms with van der Waals surface area (Å²) < 4.78 is 0. The zero-order valence-corrected chi connectivity index (χ0v) is 11.9. The lowest BCUT2D eigenvalue weighted by molar-refractivity contribution is 0.361. The molecule has 1 N–H and O–H groups in total. The summed E-state index contributed by atoms with van der Waals surface area (Å²) in [6, 6.07) is 6.40. The highest BCUT2D eigenvalue weighted by Crippen LogP contribution is 2.29. The number of rotatable bonds is 3. The van der Waals surface area contributed by atoms with Crippen molar-refractivity contribution in [3.63, 3.8) is 0 Å². The molecule has 0 spiro atoms. The minimum atomic E-state index is 0.556. The second kappa shape index (κ2) is 5.65. The van der Waals surface area contributed by atoms with E-state index in [9.17, 15) is 0 Å². The Kier molecular flexibility index (Phi) is 3.73. The molecule has 100 valence electrons. The van der Waals surface area contributed by atoms with Crippen LogP contribution in [0.15, 0.2) is 24.4 Å². The molecule has 19 heavy (non-hydrogen) atoms. The van der Waals surface area contributed by atoms with Crippen molar-refractivity contribution in [1.29, 1.82) is 0 Å². The minimum Gasteiger partial charge on any atom is -0.357 e. The Morgan fingerprint density at radius 3 is 2.74 bits per heavy atom. The summed E-state index contributed by atoms with van der Waals surface area (Å²) in [7, 11) is 0. The first-order chi connectivity index (χ1) is 9.31. The molecule has 0 radical (unpaired) electrons. The van der Waals surface area contributed by atoms with E-state index in [1.165, 1.54) is 25.7 Å². The zero-order chi connectivity index (χ0) is 13.1. The van der Waals surface area contributed by atoms with Crippen molar-refractivity contribution in [2.45, 2.75) is 38.6 Å². The minimum absolute atomic E-state index is 0.556. The largest absolute Gasteiger partial charge is 0.357 e. The summed E-state index contributed by atoms with van der Waals surface area (Å²) >= 11 is 1.58. The fourth-order valence-corrected chi connectivity index (χ4v) is 3.25. The second-order valence-electron chi connectivity index (χ2n) is 5.23. The predicted octanol–water partition coefficient (Wildman–Crippen LogP) is 3.59. The standard InChI is InChI=1S/C14H18N4S/c1-10-5-7-11(8-6-10)16-14-18-17-13(19-14)12-4-2-3-9-15-12/h2-4,9-11H,5-8H2,1H3,(H,16,18). The van der Waals surface area contributed by atoms with Crippen molar-refractivity contribution in [2.24, 2.45) is 5.92 Å². The van der Waals surface area contributed by atoms with E-state index >= 15 is 0 Å². The van der Waals surface area contributed by atoms with E-state index < -0.39 is 0 Å². The lowest BCUT2D eigenvalue weighted by Crippen LogP contribution is -2.25. The van der Waals surface area contributed by atoms with E-state index in [-0.39, 0.29) is 0 Å². The maximum atomic E-state index is 4.30. The maximum Gasteiger partial charge on any atom is 0.206 e. The van der Waals surface area contributed by atoms with Gasteiger partial charge in [0.1, 0.15) is 5.69 Å². The molecule has 0 atom stereocenters. The van der Waals surface area contributed by atoms with Crippen molar-refractivity contribution in [1.82, 2.24) is 15.2 Å². The van der Waals surface area contributed by atoms with Crippen molar-refractivity contribution >= 4 is 16.5 Å². The Morgan fingerprint density at radius 1 is 1.16 bits per heavy atom. The first-order valence-electron chi connectivity index (χ1n) is 6.82. The molecule has 5 heteroatoms. The van der Waals surface area contributed by atoms with E-state index in [0.29, 0.717) is 6.04 Å². The second-order valence-corrected chi connectivity index (χ2v) is 6.21. The number of pyridine rings is 1. The Labute approximate surface area is 117 Å². The average Bonchev–Trinajstić information content (AvgIpc) is 2.91. The summed E-state index contributed by atoms with van der Waals surface area (Å²) in [5.41, 5.74) is 0.894. The normalized spacial score (nSPS) is 23.2. The van der Waals surface area contributed by atoms with Gasteiger partial charge in [0, 0.05) is 12.2 Å². The number of aromatic nitrogens is 3. The molecule has 1 saturated carbocycles. The van der Waals surface area contributed by atoms with Crippen LogP contribution < -0.4 is 5.32 Å². The number of hydrogen-bond acceptors (Lipinski definition) is 5. The van der Waals surface area contributed by atoms with E-state index in [4.69, 9.17) is 0 Å². The summed E-state index contributed by atoms with van der Waals surface area (Å²) in [5, 5.41) is 13.7. The molecule has 1 aliphatic rings. The molecule has 0 bridgehead atoms. The van der Waals surface area contributed by atoms with Gasteiger partial charge in [0.2, 0.25) is 5.13 Å². The monoisotopic (exact) mass is 274 g/mol. The topological polar surface area (TPSA) is 50.7 Å². The predicted molar refractivity (Wildman–Crippen MR) is 78.2 cm³/mol. The first kappa shape index (κ1) is 12.5. The third-order valence-electron chi connectivity index (χ3n) is 3.65. The van der Waals surface area contributed by atoms with Gasteiger partial charge in [-0.05, 0) is 43.7 Å². The van der Waals surface area contributed by atoms with Crippen LogP contribution in [0.1, 0.15) is 32.6 Å². The Balaban J connectivity index is 1.65. The van der Waals surface area contributed by atoms with Crippen LogP contribution >= 0.6 is 11.3 Å². The van der Waals surface area contributed by atoms with Gasteiger partial charge in [0.05, 0.1) is 0 Å². The zero-order valence-electron chi connectivity index (χ0n) is 11.0. The smallest absolute Gasteiger partial charge is 0.206 e. The molecule has 1 aliphatic carbocycles. The van der Waals surface area contributed by atoms with Gasteiger partial charge in [-0.15, -0.1) is 10.2 Å². The van der Waals surface area contributed by atoms with Crippen LogP contribution in [0.4, 0.5) is 5.13 Å². The molecule has 2 aromatic rings. The molecular formula is C14H18N4S. The SMILES string of the molecule is CC1CCC(Nc2nnc(-c3ccccn3)s2)CC1. The quantitative estimate of drug-likeness (QED) is 0.929. The van der Waals surface area contributed by atoms with Crippen molar-refractivity contribution in [2.75, 3.05) is 5.32 Å². The van der Waals surface area contributed by atoms with Gasteiger partial charge in [-0.1, -0.05) is 24.3 Å². The van der Waals surface area contributed by atoms with Gasteiger partial charge in [-0.3, -0.25) is 4.98 Å². The van der Waals surface area contributed by atoms with Gasteiger partial charge in [0.25, 0.3) is 0 Å². The molecule has 0 saturated heterocycles. The van der Waals surface area contributed by atoms with Gasteiger partial charge in [0.15, 0.2) is 5.01 Å². The molecule has 0 aliphatic heterocycles. The molecule has 4 nitrogen and oxygen atoms in total. The molecule has 0 aromatic carbocycles.